The molecule has 1 aromatic heterocycles. The molecular weight excluding hydrogens is 292 g/mol. The molecule has 3 N–H and O–H groups in total. The molecule has 2 rings (SSSR count). The highest BCUT2D eigenvalue weighted by Gasteiger charge is 2.24. The highest BCUT2D eigenvalue weighted by molar-refractivity contribution is 5.74. The molecule has 1 heterocycles. The summed E-state index contributed by atoms with van der Waals surface area (Å²) in [5.74, 6) is 0.186. The molecule has 1 aromatic rings. The summed E-state index contributed by atoms with van der Waals surface area (Å²) >= 11 is 0. The molecule has 6 nitrogen and oxygen atoms in total. The van der Waals surface area contributed by atoms with Gasteiger partial charge in [0, 0.05) is 37.9 Å². The second-order valence-electron chi connectivity index (χ2n) is 6.61. The summed E-state index contributed by atoms with van der Waals surface area (Å²) in [6.45, 7) is 4.79. The predicted octanol–water partition coefficient (Wildman–Crippen LogP) is 1.82. The third kappa shape index (κ3) is 4.70. The molecule has 130 valence electrons. The van der Waals surface area contributed by atoms with Gasteiger partial charge >= 0.3 is 6.03 Å². The molecule has 1 aliphatic rings. The van der Waals surface area contributed by atoms with Crippen molar-refractivity contribution >= 4 is 6.03 Å². The van der Waals surface area contributed by atoms with Crippen molar-refractivity contribution in [1.29, 1.82) is 0 Å². The summed E-state index contributed by atoms with van der Waals surface area (Å²) < 4.78 is 1.88. The molecular formula is C17H30N4O2. The molecule has 0 aliphatic heterocycles. The number of nitrogens with one attached hydrogen (secondary N) is 2. The van der Waals surface area contributed by atoms with E-state index in [0.29, 0.717) is 6.54 Å². The first kappa shape index (κ1) is 17.8. The fraction of sp³-hybridized carbons (Fsp3) is 0.765. The fourth-order valence-electron chi connectivity index (χ4n) is 3.49. The minimum atomic E-state index is -0.130. The molecule has 1 fully saturated rings. The van der Waals surface area contributed by atoms with E-state index in [1.807, 2.05) is 25.6 Å². The number of rotatable bonds is 5. The molecule has 0 saturated heterocycles. The first-order valence-electron chi connectivity index (χ1n) is 8.67. The van der Waals surface area contributed by atoms with E-state index in [-0.39, 0.29) is 24.6 Å². The molecule has 2 unspecified atom stereocenters. The summed E-state index contributed by atoms with van der Waals surface area (Å²) in [5.41, 5.74) is 3.38. The molecule has 0 bridgehead atoms. The molecule has 0 aromatic carbocycles. The fourth-order valence-corrected chi connectivity index (χ4v) is 3.49. The van der Waals surface area contributed by atoms with Crippen LogP contribution in [-0.2, 0) is 13.5 Å². The van der Waals surface area contributed by atoms with Crippen molar-refractivity contribution < 1.29 is 9.90 Å². The van der Waals surface area contributed by atoms with Gasteiger partial charge in [-0.1, -0.05) is 19.3 Å². The maximum Gasteiger partial charge on any atom is 0.315 e. The Kier molecular flexibility index (Phi) is 6.45. The molecule has 6 heteroatoms. The lowest BCUT2D eigenvalue weighted by molar-refractivity contribution is 0.179. The molecule has 2 atom stereocenters. The first-order chi connectivity index (χ1) is 11.0. The Balaban J connectivity index is 1.80. The van der Waals surface area contributed by atoms with Crippen molar-refractivity contribution in [3.63, 3.8) is 0 Å². The van der Waals surface area contributed by atoms with Crippen molar-refractivity contribution in [1.82, 2.24) is 20.4 Å². The molecule has 23 heavy (non-hydrogen) atoms. The lowest BCUT2D eigenvalue weighted by Crippen LogP contribution is -2.46. The number of aromatic nitrogens is 2. The summed E-state index contributed by atoms with van der Waals surface area (Å²) in [4.78, 5) is 12.1. The molecule has 0 spiro atoms. The monoisotopic (exact) mass is 322 g/mol. The average Bonchev–Trinajstić information content (AvgIpc) is 2.70. The van der Waals surface area contributed by atoms with Gasteiger partial charge in [-0.25, -0.2) is 4.79 Å². The van der Waals surface area contributed by atoms with E-state index in [2.05, 4.69) is 15.7 Å². The number of hydrogen-bond acceptors (Lipinski definition) is 3. The number of nitrogens with zero attached hydrogens (tertiary/aromatic N) is 2. The second kappa shape index (κ2) is 8.34. The van der Waals surface area contributed by atoms with Gasteiger partial charge in [-0.15, -0.1) is 0 Å². The number of carbonyl (C=O) groups excluding carboxylic acids is 1. The van der Waals surface area contributed by atoms with Gasteiger partial charge in [0.2, 0.25) is 0 Å². The first-order valence-corrected chi connectivity index (χ1v) is 8.67. The van der Waals surface area contributed by atoms with Crippen LogP contribution in [0, 0.1) is 19.8 Å². The van der Waals surface area contributed by atoms with Gasteiger partial charge in [0.05, 0.1) is 5.69 Å². The van der Waals surface area contributed by atoms with Gasteiger partial charge in [0.15, 0.2) is 0 Å². The Labute approximate surface area is 138 Å². The minimum Gasteiger partial charge on any atom is -0.396 e. The number of carbonyl (C=O) groups is 1. The van der Waals surface area contributed by atoms with E-state index < -0.39 is 0 Å². The molecule has 1 saturated carbocycles. The van der Waals surface area contributed by atoms with Gasteiger partial charge in [0.1, 0.15) is 0 Å². The Morgan fingerprint density at radius 1 is 1.30 bits per heavy atom. The van der Waals surface area contributed by atoms with Crippen molar-refractivity contribution in [3.05, 3.63) is 17.0 Å². The third-order valence-electron chi connectivity index (χ3n) is 5.03. The van der Waals surface area contributed by atoms with Crippen molar-refractivity contribution in [2.45, 2.75) is 58.4 Å². The summed E-state index contributed by atoms with van der Waals surface area (Å²) in [7, 11) is 1.94. The quantitative estimate of drug-likeness (QED) is 0.724. The molecule has 0 radical (unpaired) electrons. The highest BCUT2D eigenvalue weighted by Crippen LogP contribution is 2.23. The van der Waals surface area contributed by atoms with E-state index in [1.165, 1.54) is 12.0 Å². The Hall–Kier alpha value is -1.56. The Bertz CT molecular complexity index is 527. The van der Waals surface area contributed by atoms with Gasteiger partial charge in [-0.05, 0) is 38.7 Å². The largest absolute Gasteiger partial charge is 0.396 e. The zero-order chi connectivity index (χ0) is 16.8. The second-order valence-corrected chi connectivity index (χ2v) is 6.61. The number of aliphatic hydroxyl groups is 1. The van der Waals surface area contributed by atoms with Crippen LogP contribution in [0.4, 0.5) is 4.79 Å². The smallest absolute Gasteiger partial charge is 0.315 e. The van der Waals surface area contributed by atoms with E-state index in [0.717, 1.165) is 43.5 Å². The van der Waals surface area contributed by atoms with Crippen molar-refractivity contribution in [2.24, 2.45) is 13.0 Å². The van der Waals surface area contributed by atoms with Crippen molar-refractivity contribution in [2.75, 3.05) is 13.2 Å². The van der Waals surface area contributed by atoms with E-state index in [9.17, 15) is 9.90 Å². The zero-order valence-electron chi connectivity index (χ0n) is 14.6. The van der Waals surface area contributed by atoms with Crippen LogP contribution in [0.25, 0.3) is 0 Å². The van der Waals surface area contributed by atoms with Crippen molar-refractivity contribution in [3.8, 4) is 0 Å². The minimum absolute atomic E-state index is 0.0874. The lowest BCUT2D eigenvalue weighted by atomic mass is 9.96. The van der Waals surface area contributed by atoms with Crippen LogP contribution < -0.4 is 10.6 Å². The summed E-state index contributed by atoms with van der Waals surface area (Å²) in [6, 6.07) is -0.0427. The normalized spacial score (nSPS) is 21.7. The Morgan fingerprint density at radius 3 is 2.70 bits per heavy atom. The van der Waals surface area contributed by atoms with E-state index >= 15 is 0 Å². The van der Waals surface area contributed by atoms with Crippen LogP contribution >= 0.6 is 0 Å². The van der Waals surface area contributed by atoms with Gasteiger partial charge < -0.3 is 15.7 Å². The van der Waals surface area contributed by atoms with Crippen LogP contribution in [0.1, 0.15) is 49.1 Å². The lowest BCUT2D eigenvalue weighted by Gasteiger charge is -2.24. The van der Waals surface area contributed by atoms with E-state index in [1.54, 1.807) is 0 Å². The van der Waals surface area contributed by atoms with Gasteiger partial charge in [-0.2, -0.15) is 5.10 Å². The number of aliphatic hydroxyl groups excluding tert-OH is 1. The highest BCUT2D eigenvalue weighted by atomic mass is 16.3. The number of hydrogen-bond donors (Lipinski definition) is 3. The zero-order valence-corrected chi connectivity index (χ0v) is 14.6. The number of aryl methyl sites for hydroxylation is 2. The average molecular weight is 322 g/mol. The third-order valence-corrected chi connectivity index (χ3v) is 5.03. The number of amides is 2. The summed E-state index contributed by atoms with van der Waals surface area (Å²) in [6.07, 6.45) is 6.19. The van der Waals surface area contributed by atoms with Gasteiger partial charge in [-0.3, -0.25) is 4.68 Å². The molecule has 2 amide bonds. The van der Waals surface area contributed by atoms with E-state index in [4.69, 9.17) is 0 Å². The van der Waals surface area contributed by atoms with Crippen LogP contribution in [0.3, 0.4) is 0 Å². The summed E-state index contributed by atoms with van der Waals surface area (Å²) in [5, 5.41) is 19.9. The maximum atomic E-state index is 12.1. The van der Waals surface area contributed by atoms with Crippen LogP contribution in [0.5, 0.6) is 0 Å². The van der Waals surface area contributed by atoms with Crippen LogP contribution in [0.15, 0.2) is 0 Å². The predicted molar refractivity (Wildman–Crippen MR) is 90.4 cm³/mol. The SMILES string of the molecule is Cc1nn(C)c(C)c1CCNC(=O)NC1CCCCCC1CO. The Morgan fingerprint density at radius 2 is 2.04 bits per heavy atom. The maximum absolute atomic E-state index is 12.1. The number of urea groups is 1. The molecule has 1 aliphatic carbocycles. The van der Waals surface area contributed by atoms with Crippen LogP contribution in [-0.4, -0.2) is 40.1 Å². The standard InChI is InChI=1S/C17H30N4O2/c1-12-15(13(2)21(3)20-12)9-10-18-17(23)19-16-8-6-4-5-7-14(16)11-22/h14,16,22H,4-11H2,1-3H3,(H2,18,19,23). The van der Waals surface area contributed by atoms with Crippen LogP contribution in [0.2, 0.25) is 0 Å². The topological polar surface area (TPSA) is 79.2 Å². The van der Waals surface area contributed by atoms with Gasteiger partial charge in [0.25, 0.3) is 0 Å².